The van der Waals surface area contributed by atoms with Crippen LogP contribution >= 0.6 is 38.5 Å². The largest absolute Gasteiger partial charge is 0.333 e. The average molecular weight is 409 g/mol. The number of nitrogens with one attached hydrogen (secondary N) is 1. The Bertz CT molecular complexity index is 439. The van der Waals surface area contributed by atoms with Crippen molar-refractivity contribution in [2.24, 2.45) is 0 Å². The Balaban J connectivity index is 2.26. The summed E-state index contributed by atoms with van der Waals surface area (Å²) in [6.45, 7) is 4.59. The summed E-state index contributed by atoms with van der Waals surface area (Å²) in [6, 6.07) is 6.10. The molecule has 1 aromatic carbocycles. The van der Waals surface area contributed by atoms with Gasteiger partial charge in [0.25, 0.3) is 5.91 Å². The zero-order chi connectivity index (χ0) is 12.4. The first-order chi connectivity index (χ1) is 8.09. The molecule has 1 atom stereocenters. The van der Waals surface area contributed by atoms with Crippen molar-refractivity contribution in [1.82, 2.24) is 10.2 Å². The van der Waals surface area contributed by atoms with E-state index in [2.05, 4.69) is 50.8 Å². The van der Waals surface area contributed by atoms with Crippen LogP contribution in [0.5, 0.6) is 0 Å². The van der Waals surface area contributed by atoms with E-state index in [1.165, 1.54) is 0 Å². The Kier molecular flexibility index (Phi) is 4.43. The fourth-order valence-electron chi connectivity index (χ4n) is 1.96. The summed E-state index contributed by atoms with van der Waals surface area (Å²) in [5.74, 6) is 0.115. The molecule has 1 heterocycles. The topological polar surface area (TPSA) is 32.3 Å². The smallest absolute Gasteiger partial charge is 0.255 e. The van der Waals surface area contributed by atoms with Crippen molar-refractivity contribution in [2.75, 3.05) is 19.6 Å². The van der Waals surface area contributed by atoms with Crippen molar-refractivity contribution < 1.29 is 4.79 Å². The fraction of sp³-hybridized carbons (Fsp3) is 0.417. The molecule has 92 valence electrons. The van der Waals surface area contributed by atoms with Crippen LogP contribution in [0.3, 0.4) is 0 Å². The molecule has 0 aromatic heterocycles. The lowest BCUT2D eigenvalue weighted by Gasteiger charge is -2.34. The van der Waals surface area contributed by atoms with Crippen molar-refractivity contribution in [3.8, 4) is 0 Å². The maximum Gasteiger partial charge on any atom is 0.255 e. The minimum absolute atomic E-state index is 0.115. The molecule has 1 amide bonds. The first-order valence-electron chi connectivity index (χ1n) is 5.56. The van der Waals surface area contributed by atoms with Crippen LogP contribution in [0.2, 0.25) is 0 Å². The van der Waals surface area contributed by atoms with Gasteiger partial charge in [0.05, 0.1) is 5.56 Å². The molecule has 17 heavy (non-hydrogen) atoms. The molecule has 1 aliphatic rings. The van der Waals surface area contributed by atoms with Gasteiger partial charge in [-0.15, -0.1) is 0 Å². The van der Waals surface area contributed by atoms with Gasteiger partial charge in [-0.05, 0) is 63.6 Å². The number of piperazine rings is 1. The third-order valence-corrected chi connectivity index (χ3v) is 4.28. The number of halogens is 2. The molecule has 1 saturated heterocycles. The normalized spacial score (nSPS) is 20.4. The Morgan fingerprint density at radius 1 is 1.59 bits per heavy atom. The van der Waals surface area contributed by atoms with Gasteiger partial charge in [-0.2, -0.15) is 0 Å². The number of rotatable bonds is 1. The summed E-state index contributed by atoms with van der Waals surface area (Å²) in [6.07, 6.45) is 0. The highest BCUT2D eigenvalue weighted by molar-refractivity contribution is 14.1. The number of amides is 1. The van der Waals surface area contributed by atoms with E-state index in [1.54, 1.807) is 0 Å². The molecule has 1 N–H and O–H groups in total. The fourth-order valence-corrected chi connectivity index (χ4v) is 2.87. The molecule has 1 aromatic rings. The van der Waals surface area contributed by atoms with E-state index in [0.717, 1.165) is 33.2 Å². The quantitative estimate of drug-likeness (QED) is 0.724. The minimum Gasteiger partial charge on any atom is -0.333 e. The first-order valence-corrected chi connectivity index (χ1v) is 7.43. The van der Waals surface area contributed by atoms with Gasteiger partial charge in [0.2, 0.25) is 0 Å². The van der Waals surface area contributed by atoms with Crippen LogP contribution in [-0.2, 0) is 0 Å². The Morgan fingerprint density at radius 3 is 3.06 bits per heavy atom. The predicted octanol–water partition coefficient (Wildman–Crippen LogP) is 2.49. The number of benzene rings is 1. The van der Waals surface area contributed by atoms with Crippen LogP contribution in [0.25, 0.3) is 0 Å². The van der Waals surface area contributed by atoms with E-state index in [-0.39, 0.29) is 11.9 Å². The standard InChI is InChI=1S/C12H14BrIN2O/c1-8-7-15-4-5-16(8)12(17)10-6-9(14)2-3-11(10)13/h2-3,6,8,15H,4-5,7H2,1H3. The molecule has 2 rings (SSSR count). The van der Waals surface area contributed by atoms with E-state index in [1.807, 2.05) is 23.1 Å². The van der Waals surface area contributed by atoms with Crippen LogP contribution in [-0.4, -0.2) is 36.5 Å². The van der Waals surface area contributed by atoms with Gasteiger partial charge in [0.15, 0.2) is 0 Å². The van der Waals surface area contributed by atoms with Crippen molar-refractivity contribution >= 4 is 44.4 Å². The second kappa shape index (κ2) is 5.67. The van der Waals surface area contributed by atoms with Gasteiger partial charge in [-0.3, -0.25) is 4.79 Å². The molecule has 0 spiro atoms. The number of carbonyl (C=O) groups excluding carboxylic acids is 1. The zero-order valence-electron chi connectivity index (χ0n) is 9.54. The van der Waals surface area contributed by atoms with Gasteiger partial charge in [0.1, 0.15) is 0 Å². The lowest BCUT2D eigenvalue weighted by Crippen LogP contribution is -2.52. The Morgan fingerprint density at radius 2 is 2.35 bits per heavy atom. The van der Waals surface area contributed by atoms with E-state index in [4.69, 9.17) is 0 Å². The van der Waals surface area contributed by atoms with Crippen LogP contribution in [0, 0.1) is 3.57 Å². The summed E-state index contributed by atoms with van der Waals surface area (Å²) in [5.41, 5.74) is 0.755. The molecule has 0 bridgehead atoms. The average Bonchev–Trinajstić information content (AvgIpc) is 2.32. The predicted molar refractivity (Wildman–Crippen MR) is 80.2 cm³/mol. The van der Waals surface area contributed by atoms with Crippen molar-refractivity contribution in [1.29, 1.82) is 0 Å². The zero-order valence-corrected chi connectivity index (χ0v) is 13.3. The summed E-state index contributed by atoms with van der Waals surface area (Å²) in [7, 11) is 0. The van der Waals surface area contributed by atoms with Crippen molar-refractivity contribution in [3.63, 3.8) is 0 Å². The minimum atomic E-state index is 0.115. The van der Waals surface area contributed by atoms with Crippen LogP contribution in [0.4, 0.5) is 0 Å². The first kappa shape index (κ1) is 13.3. The van der Waals surface area contributed by atoms with E-state index in [9.17, 15) is 4.79 Å². The summed E-state index contributed by atoms with van der Waals surface area (Å²) >= 11 is 5.68. The highest BCUT2D eigenvalue weighted by Crippen LogP contribution is 2.22. The maximum absolute atomic E-state index is 12.4. The molecule has 0 aliphatic carbocycles. The van der Waals surface area contributed by atoms with Crippen LogP contribution in [0.15, 0.2) is 22.7 Å². The molecule has 5 heteroatoms. The van der Waals surface area contributed by atoms with Gasteiger partial charge in [0, 0.05) is 33.7 Å². The molecule has 1 fully saturated rings. The highest BCUT2D eigenvalue weighted by atomic mass is 127. The van der Waals surface area contributed by atoms with E-state index < -0.39 is 0 Å². The van der Waals surface area contributed by atoms with Gasteiger partial charge < -0.3 is 10.2 Å². The summed E-state index contributed by atoms with van der Waals surface area (Å²) in [4.78, 5) is 14.4. The van der Waals surface area contributed by atoms with Crippen molar-refractivity contribution in [3.05, 3.63) is 31.8 Å². The molecule has 1 aliphatic heterocycles. The Hall–Kier alpha value is -0.140. The molecular weight excluding hydrogens is 395 g/mol. The van der Waals surface area contributed by atoms with E-state index in [0.29, 0.717) is 0 Å². The monoisotopic (exact) mass is 408 g/mol. The van der Waals surface area contributed by atoms with Gasteiger partial charge in [-0.1, -0.05) is 0 Å². The number of carbonyl (C=O) groups is 1. The Labute approximate surface area is 123 Å². The molecular formula is C12H14BrIN2O. The molecule has 0 saturated carbocycles. The van der Waals surface area contributed by atoms with Crippen LogP contribution < -0.4 is 5.32 Å². The SMILES string of the molecule is CC1CNCCN1C(=O)c1cc(I)ccc1Br. The van der Waals surface area contributed by atoms with Gasteiger partial charge in [-0.25, -0.2) is 0 Å². The van der Waals surface area contributed by atoms with Gasteiger partial charge >= 0.3 is 0 Å². The second-order valence-corrected chi connectivity index (χ2v) is 6.28. The lowest BCUT2D eigenvalue weighted by molar-refractivity contribution is 0.0654. The second-order valence-electron chi connectivity index (χ2n) is 4.18. The molecule has 1 unspecified atom stereocenters. The molecule has 3 nitrogen and oxygen atoms in total. The van der Waals surface area contributed by atoms with Crippen molar-refractivity contribution in [2.45, 2.75) is 13.0 Å². The number of nitrogens with zero attached hydrogens (tertiary/aromatic N) is 1. The highest BCUT2D eigenvalue weighted by Gasteiger charge is 2.25. The summed E-state index contributed by atoms with van der Waals surface area (Å²) < 4.78 is 1.95. The lowest BCUT2D eigenvalue weighted by atomic mass is 10.1. The van der Waals surface area contributed by atoms with E-state index >= 15 is 0 Å². The third-order valence-electron chi connectivity index (χ3n) is 2.92. The number of hydrogen-bond donors (Lipinski definition) is 1. The number of hydrogen-bond acceptors (Lipinski definition) is 2. The third kappa shape index (κ3) is 3.00. The summed E-state index contributed by atoms with van der Waals surface area (Å²) in [5, 5.41) is 3.29. The van der Waals surface area contributed by atoms with Crippen LogP contribution in [0.1, 0.15) is 17.3 Å². The maximum atomic E-state index is 12.4. The molecule has 0 radical (unpaired) electrons.